The number of unbranched alkanes of at least 4 members (excludes halogenated alkanes) is 1. The lowest BCUT2D eigenvalue weighted by atomic mass is 10.00. The van der Waals surface area contributed by atoms with Gasteiger partial charge in [0.15, 0.2) is 0 Å². The van der Waals surface area contributed by atoms with Gasteiger partial charge in [0.2, 0.25) is 0 Å². The van der Waals surface area contributed by atoms with Crippen LogP contribution in [0.15, 0.2) is 6.08 Å². The highest BCUT2D eigenvalue weighted by Gasteiger charge is 2.12. The van der Waals surface area contributed by atoms with Crippen LogP contribution in [0.4, 0.5) is 0 Å². The average molecular weight is 127 g/mol. The lowest BCUT2D eigenvalue weighted by molar-refractivity contribution is 0.0992. The van der Waals surface area contributed by atoms with Crippen molar-refractivity contribution in [2.45, 2.75) is 38.7 Å². The molecular formula is C8H15O. The molecule has 0 fully saturated rings. The third-order valence-electron chi connectivity index (χ3n) is 1.40. The first-order valence-corrected chi connectivity index (χ1v) is 3.41. The molecule has 0 saturated heterocycles. The van der Waals surface area contributed by atoms with Gasteiger partial charge in [-0.25, -0.2) is 0 Å². The third kappa shape index (κ3) is 4.22. The van der Waals surface area contributed by atoms with E-state index in [0.717, 1.165) is 19.3 Å². The zero-order valence-corrected chi connectivity index (χ0v) is 6.22. The summed E-state index contributed by atoms with van der Waals surface area (Å²) in [6.07, 6.45) is 4.24. The molecule has 0 aliphatic carbocycles. The van der Waals surface area contributed by atoms with Gasteiger partial charge in [-0.05, 0) is 13.3 Å². The summed E-state index contributed by atoms with van der Waals surface area (Å²) in [4.78, 5) is 0. The van der Waals surface area contributed by atoms with Crippen LogP contribution in [-0.4, -0.2) is 10.7 Å². The summed E-state index contributed by atoms with van der Waals surface area (Å²) in [6, 6.07) is 0. The summed E-state index contributed by atoms with van der Waals surface area (Å²) < 4.78 is 0. The van der Waals surface area contributed by atoms with Gasteiger partial charge in [0, 0.05) is 0 Å². The predicted molar refractivity (Wildman–Crippen MR) is 39.0 cm³/mol. The molecule has 0 amide bonds. The van der Waals surface area contributed by atoms with Gasteiger partial charge >= 0.3 is 0 Å². The van der Waals surface area contributed by atoms with E-state index in [0.29, 0.717) is 0 Å². The fraction of sp³-hybridized carbons (Fsp3) is 0.750. The Morgan fingerprint density at radius 1 is 1.67 bits per heavy atom. The van der Waals surface area contributed by atoms with E-state index in [1.807, 2.05) is 0 Å². The summed E-state index contributed by atoms with van der Waals surface area (Å²) in [5.74, 6) is 0. The van der Waals surface area contributed by atoms with Crippen molar-refractivity contribution in [2.24, 2.45) is 0 Å². The van der Waals surface area contributed by atoms with Gasteiger partial charge in [0.1, 0.15) is 0 Å². The molecule has 1 nitrogen and oxygen atoms in total. The van der Waals surface area contributed by atoms with Crippen molar-refractivity contribution in [1.29, 1.82) is 0 Å². The molecule has 0 aromatic heterocycles. The van der Waals surface area contributed by atoms with E-state index in [1.54, 1.807) is 6.92 Å². The van der Waals surface area contributed by atoms with Gasteiger partial charge in [-0.15, -0.1) is 0 Å². The van der Waals surface area contributed by atoms with Crippen LogP contribution in [0.25, 0.3) is 0 Å². The van der Waals surface area contributed by atoms with E-state index in [1.165, 1.54) is 6.08 Å². The van der Waals surface area contributed by atoms with Gasteiger partial charge in [0.25, 0.3) is 0 Å². The number of rotatable bonds is 4. The second-order valence-corrected chi connectivity index (χ2v) is 2.63. The molecule has 53 valence electrons. The molecule has 1 radical (unpaired) electrons. The lowest BCUT2D eigenvalue weighted by Crippen LogP contribution is -2.19. The van der Waals surface area contributed by atoms with Crippen molar-refractivity contribution in [1.82, 2.24) is 0 Å². The van der Waals surface area contributed by atoms with E-state index in [-0.39, 0.29) is 0 Å². The Morgan fingerprint density at radius 2 is 2.22 bits per heavy atom. The molecule has 0 aromatic carbocycles. The highest BCUT2D eigenvalue weighted by Crippen LogP contribution is 2.13. The fourth-order valence-electron chi connectivity index (χ4n) is 0.618. The van der Waals surface area contributed by atoms with Crippen LogP contribution in [0, 0.1) is 6.58 Å². The van der Waals surface area contributed by atoms with Crippen molar-refractivity contribution in [3.05, 3.63) is 12.7 Å². The van der Waals surface area contributed by atoms with Crippen molar-refractivity contribution < 1.29 is 5.11 Å². The van der Waals surface area contributed by atoms with Crippen molar-refractivity contribution >= 4 is 0 Å². The second-order valence-electron chi connectivity index (χ2n) is 2.63. The number of hydrogen-bond donors (Lipinski definition) is 1. The average Bonchev–Trinajstić information content (AvgIpc) is 1.84. The smallest absolute Gasteiger partial charge is 0.0802 e. The van der Waals surface area contributed by atoms with E-state index >= 15 is 0 Å². The summed E-state index contributed by atoms with van der Waals surface area (Å²) in [7, 11) is 0. The Hall–Kier alpha value is -0.300. The first-order chi connectivity index (χ1) is 4.12. The van der Waals surface area contributed by atoms with Crippen molar-refractivity contribution in [2.75, 3.05) is 0 Å². The molecule has 1 N–H and O–H groups in total. The summed E-state index contributed by atoms with van der Waals surface area (Å²) in [5, 5.41) is 9.27. The maximum atomic E-state index is 9.27. The van der Waals surface area contributed by atoms with Crippen LogP contribution < -0.4 is 0 Å². The van der Waals surface area contributed by atoms with Crippen LogP contribution in [0.2, 0.25) is 0 Å². The van der Waals surface area contributed by atoms with Gasteiger partial charge in [-0.3, -0.25) is 0 Å². The Morgan fingerprint density at radius 3 is 2.56 bits per heavy atom. The van der Waals surface area contributed by atoms with Crippen molar-refractivity contribution in [3.8, 4) is 0 Å². The summed E-state index contributed by atoms with van der Waals surface area (Å²) in [5.41, 5.74) is -0.754. The minimum atomic E-state index is -0.754. The molecule has 1 unspecified atom stereocenters. The van der Waals surface area contributed by atoms with E-state index < -0.39 is 5.60 Å². The molecule has 0 aliphatic heterocycles. The minimum absolute atomic E-state index is 0.754. The Balaban J connectivity index is 3.45. The van der Waals surface area contributed by atoms with E-state index in [4.69, 9.17) is 6.58 Å². The predicted octanol–water partition coefficient (Wildman–Crippen LogP) is 1.92. The Bertz CT molecular complexity index is 84.6. The number of aliphatic hydroxyl groups is 1. The van der Waals surface area contributed by atoms with Gasteiger partial charge in [-0.2, -0.15) is 0 Å². The molecule has 0 aliphatic rings. The quantitative estimate of drug-likeness (QED) is 0.611. The Kier molecular flexibility index (Phi) is 3.55. The van der Waals surface area contributed by atoms with Crippen LogP contribution >= 0.6 is 0 Å². The molecule has 0 saturated carbocycles. The molecule has 0 heterocycles. The maximum absolute atomic E-state index is 9.27. The largest absolute Gasteiger partial charge is 0.386 e. The van der Waals surface area contributed by atoms with Gasteiger partial charge in [-0.1, -0.05) is 32.4 Å². The van der Waals surface area contributed by atoms with Crippen LogP contribution in [-0.2, 0) is 0 Å². The summed E-state index contributed by atoms with van der Waals surface area (Å²) >= 11 is 0. The minimum Gasteiger partial charge on any atom is -0.386 e. The van der Waals surface area contributed by atoms with E-state index in [2.05, 4.69) is 6.92 Å². The molecular weight excluding hydrogens is 112 g/mol. The first-order valence-electron chi connectivity index (χ1n) is 3.41. The summed E-state index contributed by atoms with van der Waals surface area (Å²) in [6.45, 7) is 8.99. The molecule has 9 heavy (non-hydrogen) atoms. The SMILES string of the molecule is [CH]=CC(C)(O)CCCC. The van der Waals surface area contributed by atoms with Crippen LogP contribution in [0.3, 0.4) is 0 Å². The van der Waals surface area contributed by atoms with Crippen molar-refractivity contribution in [3.63, 3.8) is 0 Å². The highest BCUT2D eigenvalue weighted by atomic mass is 16.3. The topological polar surface area (TPSA) is 20.2 Å². The molecule has 1 atom stereocenters. The van der Waals surface area contributed by atoms with Crippen LogP contribution in [0.5, 0.6) is 0 Å². The van der Waals surface area contributed by atoms with Crippen LogP contribution in [0.1, 0.15) is 33.1 Å². The van der Waals surface area contributed by atoms with Gasteiger partial charge < -0.3 is 5.11 Å². The lowest BCUT2D eigenvalue weighted by Gasteiger charge is -2.16. The highest BCUT2D eigenvalue weighted by molar-refractivity contribution is 4.88. The molecule has 0 rings (SSSR count). The monoisotopic (exact) mass is 127 g/mol. The molecule has 0 aromatic rings. The molecule has 1 heteroatoms. The standard InChI is InChI=1S/C8H15O/c1-4-6-7-8(3,9)5-2/h2,5,9H,4,6-7H2,1,3H3. The normalized spacial score (nSPS) is 16.8. The zero-order chi connectivity index (χ0) is 7.33. The van der Waals surface area contributed by atoms with E-state index in [9.17, 15) is 5.11 Å². The fourth-order valence-corrected chi connectivity index (χ4v) is 0.618. The molecule has 0 bridgehead atoms. The molecule has 0 spiro atoms. The second kappa shape index (κ2) is 3.67. The maximum Gasteiger partial charge on any atom is 0.0802 e. The Labute approximate surface area is 57.4 Å². The zero-order valence-electron chi connectivity index (χ0n) is 6.22. The van der Waals surface area contributed by atoms with Gasteiger partial charge in [0.05, 0.1) is 5.60 Å². The number of hydrogen-bond acceptors (Lipinski definition) is 1. The first kappa shape index (κ1) is 8.70. The third-order valence-corrected chi connectivity index (χ3v) is 1.40.